The van der Waals surface area contributed by atoms with Crippen LogP contribution >= 0.6 is 11.3 Å². The Kier molecular flexibility index (Phi) is 4.86. The van der Waals surface area contributed by atoms with E-state index in [-0.39, 0.29) is 17.8 Å². The normalized spacial score (nSPS) is 28.5. The Hall–Kier alpha value is -1.72. The molecule has 5 heteroatoms. The number of halogens is 1. The highest BCUT2D eigenvalue weighted by molar-refractivity contribution is 7.09. The minimum Gasteiger partial charge on any atom is -0.349 e. The zero-order chi connectivity index (χ0) is 17.2. The molecule has 2 bridgehead atoms. The highest BCUT2D eigenvalue weighted by atomic mass is 32.1. The molecule has 2 saturated heterocycles. The van der Waals surface area contributed by atoms with Crippen molar-refractivity contribution in [2.75, 3.05) is 0 Å². The van der Waals surface area contributed by atoms with Gasteiger partial charge in [-0.2, -0.15) is 0 Å². The molecule has 4 rings (SSSR count). The van der Waals surface area contributed by atoms with Crippen molar-refractivity contribution in [1.29, 1.82) is 0 Å². The molecule has 2 aliphatic heterocycles. The standard InChI is InChI=1S/C20H23FN2OS/c21-15-5-1-4-14(10-15)20(24)22-16-11-17-6-2-7-18(12-16)23(17)13-19-8-3-9-25-19/h1,3-5,8-10,16-18H,2,6-7,11-13H2,(H,22,24)/p+1/t17-,18-/m1/s1. The summed E-state index contributed by atoms with van der Waals surface area (Å²) in [5.41, 5.74) is 0.415. The smallest absolute Gasteiger partial charge is 0.251 e. The van der Waals surface area contributed by atoms with Crippen molar-refractivity contribution < 1.29 is 14.1 Å². The van der Waals surface area contributed by atoms with Crippen LogP contribution in [-0.2, 0) is 6.54 Å². The summed E-state index contributed by atoms with van der Waals surface area (Å²) in [5, 5.41) is 5.30. The van der Waals surface area contributed by atoms with E-state index in [1.165, 1.54) is 36.3 Å². The van der Waals surface area contributed by atoms with Crippen LogP contribution in [0.2, 0.25) is 0 Å². The van der Waals surface area contributed by atoms with E-state index in [0.29, 0.717) is 17.6 Å². The maximum Gasteiger partial charge on any atom is 0.251 e. The van der Waals surface area contributed by atoms with Gasteiger partial charge in [0.2, 0.25) is 0 Å². The summed E-state index contributed by atoms with van der Waals surface area (Å²) in [7, 11) is 0. The highest BCUT2D eigenvalue weighted by Crippen LogP contribution is 2.23. The Morgan fingerprint density at radius 2 is 2.00 bits per heavy atom. The van der Waals surface area contributed by atoms with Crippen LogP contribution in [0.1, 0.15) is 47.3 Å². The van der Waals surface area contributed by atoms with Crippen molar-refractivity contribution in [3.8, 4) is 0 Å². The van der Waals surface area contributed by atoms with E-state index in [9.17, 15) is 9.18 Å². The van der Waals surface area contributed by atoms with Crippen molar-refractivity contribution >= 4 is 17.2 Å². The Morgan fingerprint density at radius 1 is 1.20 bits per heavy atom. The lowest BCUT2D eigenvalue weighted by atomic mass is 9.81. The van der Waals surface area contributed by atoms with Gasteiger partial charge in [0.25, 0.3) is 5.91 Å². The Morgan fingerprint density at radius 3 is 2.68 bits per heavy atom. The van der Waals surface area contributed by atoms with Gasteiger partial charge in [-0.05, 0) is 48.9 Å². The van der Waals surface area contributed by atoms with Crippen molar-refractivity contribution in [2.24, 2.45) is 0 Å². The molecule has 2 N–H and O–H groups in total. The molecule has 3 nitrogen and oxygen atoms in total. The zero-order valence-electron chi connectivity index (χ0n) is 14.2. The number of hydrogen-bond acceptors (Lipinski definition) is 2. The van der Waals surface area contributed by atoms with Gasteiger partial charge in [-0.25, -0.2) is 4.39 Å². The molecule has 0 aliphatic carbocycles. The number of carbonyl (C=O) groups is 1. The highest BCUT2D eigenvalue weighted by Gasteiger charge is 2.42. The summed E-state index contributed by atoms with van der Waals surface area (Å²) in [5.74, 6) is -0.510. The Labute approximate surface area is 151 Å². The number of amides is 1. The van der Waals surface area contributed by atoms with Crippen LogP contribution in [0.15, 0.2) is 41.8 Å². The number of rotatable bonds is 4. The second-order valence-electron chi connectivity index (χ2n) is 7.31. The molecule has 0 unspecified atom stereocenters. The van der Waals surface area contributed by atoms with Crippen LogP contribution < -0.4 is 10.2 Å². The largest absolute Gasteiger partial charge is 0.349 e. The van der Waals surface area contributed by atoms with Gasteiger partial charge < -0.3 is 10.2 Å². The molecule has 1 aromatic carbocycles. The summed E-state index contributed by atoms with van der Waals surface area (Å²) >= 11 is 1.84. The molecule has 132 valence electrons. The van der Waals surface area contributed by atoms with Crippen LogP contribution in [0.4, 0.5) is 4.39 Å². The predicted octanol–water partition coefficient (Wildman–Crippen LogP) is 2.79. The van der Waals surface area contributed by atoms with Crippen LogP contribution in [0.5, 0.6) is 0 Å². The lowest BCUT2D eigenvalue weighted by Crippen LogP contribution is -3.20. The fraction of sp³-hybridized carbons (Fsp3) is 0.450. The third-order valence-corrected chi connectivity index (χ3v) is 6.55. The van der Waals surface area contributed by atoms with Gasteiger partial charge in [-0.1, -0.05) is 12.1 Å². The van der Waals surface area contributed by atoms with E-state index < -0.39 is 0 Å². The molecule has 2 fully saturated rings. The van der Waals surface area contributed by atoms with E-state index >= 15 is 0 Å². The average Bonchev–Trinajstić information content (AvgIpc) is 3.08. The van der Waals surface area contributed by atoms with Gasteiger partial charge >= 0.3 is 0 Å². The van der Waals surface area contributed by atoms with Gasteiger partial charge in [0.05, 0.1) is 17.0 Å². The zero-order valence-corrected chi connectivity index (χ0v) is 15.0. The van der Waals surface area contributed by atoms with Crippen LogP contribution in [-0.4, -0.2) is 24.0 Å². The number of piperidine rings is 2. The van der Waals surface area contributed by atoms with Gasteiger partial charge in [-0.3, -0.25) is 4.79 Å². The van der Waals surface area contributed by atoms with Crippen molar-refractivity contribution in [3.63, 3.8) is 0 Å². The first-order valence-electron chi connectivity index (χ1n) is 9.13. The fourth-order valence-electron chi connectivity index (χ4n) is 4.56. The van der Waals surface area contributed by atoms with E-state index in [4.69, 9.17) is 0 Å². The number of hydrogen-bond donors (Lipinski definition) is 2. The lowest BCUT2D eigenvalue weighted by molar-refractivity contribution is -0.973. The van der Waals surface area contributed by atoms with Crippen molar-refractivity contribution in [1.82, 2.24) is 5.32 Å². The number of fused-ring (bicyclic) bond motifs is 2. The monoisotopic (exact) mass is 359 g/mol. The number of nitrogens with one attached hydrogen (secondary N) is 2. The Balaban J connectivity index is 1.42. The molecule has 2 aliphatic rings. The predicted molar refractivity (Wildman–Crippen MR) is 97.3 cm³/mol. The molecule has 0 spiro atoms. The van der Waals surface area contributed by atoms with Crippen LogP contribution in [0, 0.1) is 5.82 Å². The summed E-state index contributed by atoms with van der Waals surface area (Å²) < 4.78 is 13.3. The molecule has 0 radical (unpaired) electrons. The Bertz CT molecular complexity index is 719. The summed E-state index contributed by atoms with van der Waals surface area (Å²) in [6.45, 7) is 1.11. The lowest BCUT2D eigenvalue weighted by Gasteiger charge is -2.45. The van der Waals surface area contributed by atoms with Gasteiger partial charge in [-0.15, -0.1) is 11.3 Å². The number of carbonyl (C=O) groups excluding carboxylic acids is 1. The number of benzene rings is 1. The van der Waals surface area contributed by atoms with Crippen molar-refractivity contribution in [3.05, 3.63) is 58.0 Å². The molecular formula is C20H24FN2OS+. The first-order valence-corrected chi connectivity index (χ1v) is 10.0. The minimum absolute atomic E-state index is 0.149. The SMILES string of the molecule is O=C(NC1C[C@H]2CCC[C@H](C1)[NH+]2Cc1cccs1)c1cccc(F)c1. The topological polar surface area (TPSA) is 33.5 Å². The molecule has 1 amide bonds. The third kappa shape index (κ3) is 3.77. The van der Waals surface area contributed by atoms with E-state index in [1.807, 2.05) is 11.3 Å². The molecule has 2 aromatic rings. The quantitative estimate of drug-likeness (QED) is 0.865. The van der Waals surface area contributed by atoms with E-state index in [1.54, 1.807) is 17.0 Å². The van der Waals surface area contributed by atoms with E-state index in [2.05, 4.69) is 22.8 Å². The summed E-state index contributed by atoms with van der Waals surface area (Å²) in [6.07, 6.45) is 5.83. The van der Waals surface area contributed by atoms with Crippen LogP contribution in [0.3, 0.4) is 0 Å². The molecule has 3 heterocycles. The average molecular weight is 359 g/mol. The number of thiophene rings is 1. The van der Waals surface area contributed by atoms with Gasteiger partial charge in [0.15, 0.2) is 0 Å². The molecule has 1 aromatic heterocycles. The van der Waals surface area contributed by atoms with Gasteiger partial charge in [0.1, 0.15) is 12.4 Å². The molecular weight excluding hydrogens is 335 g/mol. The van der Waals surface area contributed by atoms with Gasteiger partial charge in [0, 0.05) is 24.4 Å². The fourth-order valence-corrected chi connectivity index (χ4v) is 5.29. The second kappa shape index (κ2) is 7.26. The minimum atomic E-state index is -0.361. The first-order chi connectivity index (χ1) is 12.2. The molecule has 2 atom stereocenters. The number of quaternary nitrogens is 1. The maximum atomic E-state index is 13.3. The molecule has 25 heavy (non-hydrogen) atoms. The summed E-state index contributed by atoms with van der Waals surface area (Å²) in [4.78, 5) is 15.6. The molecule has 0 saturated carbocycles. The first kappa shape index (κ1) is 16.7. The van der Waals surface area contributed by atoms with Crippen molar-refractivity contribution in [2.45, 2.75) is 56.8 Å². The van der Waals surface area contributed by atoms with Crippen LogP contribution in [0.25, 0.3) is 0 Å². The maximum absolute atomic E-state index is 13.3. The summed E-state index contributed by atoms with van der Waals surface area (Å²) in [6, 6.07) is 11.7. The second-order valence-corrected chi connectivity index (χ2v) is 8.34. The third-order valence-electron chi connectivity index (χ3n) is 5.67. The van der Waals surface area contributed by atoms with E-state index in [0.717, 1.165) is 19.4 Å².